The van der Waals surface area contributed by atoms with Crippen molar-refractivity contribution in [3.63, 3.8) is 0 Å². The topological polar surface area (TPSA) is 94.9 Å². The summed E-state index contributed by atoms with van der Waals surface area (Å²) in [5.41, 5.74) is -5.33. The average Bonchev–Trinajstić information content (AvgIpc) is 3.72. The number of rotatable bonds is 5. The summed E-state index contributed by atoms with van der Waals surface area (Å²) < 4.78 is 139. The molecule has 0 saturated carbocycles. The Bertz CT molecular complexity index is 2250. The van der Waals surface area contributed by atoms with Crippen LogP contribution in [-0.4, -0.2) is 98.5 Å². The van der Waals surface area contributed by atoms with Crippen molar-refractivity contribution in [1.82, 2.24) is 24.8 Å². The zero-order valence-corrected chi connectivity index (χ0v) is 28.0. The maximum Gasteiger partial charge on any atom is 0.471 e. The van der Waals surface area contributed by atoms with Gasteiger partial charge in [-0.3, -0.25) is 9.69 Å². The van der Waals surface area contributed by atoms with Gasteiger partial charge in [0, 0.05) is 37.0 Å². The van der Waals surface area contributed by atoms with Gasteiger partial charge in [0.2, 0.25) is 0 Å². The van der Waals surface area contributed by atoms with Gasteiger partial charge < -0.3 is 19.6 Å². The van der Waals surface area contributed by atoms with E-state index in [4.69, 9.17) is 11.2 Å². The van der Waals surface area contributed by atoms with E-state index in [1.165, 1.54) is 11.0 Å². The lowest BCUT2D eigenvalue weighted by Crippen LogP contribution is -2.59. The summed E-state index contributed by atoms with van der Waals surface area (Å²) in [6.07, 6.45) is -4.55. The van der Waals surface area contributed by atoms with Crippen molar-refractivity contribution >= 4 is 33.4 Å². The minimum atomic E-state index is -5.33. The Morgan fingerprint density at radius 1 is 1.02 bits per heavy atom. The third-order valence-electron chi connectivity index (χ3n) is 11.0. The molecule has 284 valence electrons. The van der Waals surface area contributed by atoms with Gasteiger partial charge in [-0.1, -0.05) is 12.0 Å². The fraction of sp³-hybridized carbons (Fsp3) is 0.444. The number of anilines is 1. The number of aromatic nitrogens is 3. The van der Waals surface area contributed by atoms with Crippen molar-refractivity contribution in [3.8, 4) is 35.4 Å². The Labute approximate surface area is 300 Å². The van der Waals surface area contributed by atoms with Crippen LogP contribution >= 0.6 is 0 Å². The van der Waals surface area contributed by atoms with E-state index in [1.54, 1.807) is 0 Å². The molecule has 6 heterocycles. The summed E-state index contributed by atoms with van der Waals surface area (Å²) in [7, 11) is 0. The molecule has 4 aromatic rings. The number of ether oxygens (including phenoxy) is 1. The number of amides is 1. The number of aromatic hydroxyl groups is 1. The minimum absolute atomic E-state index is 0.0615. The molecule has 2 bridgehead atoms. The van der Waals surface area contributed by atoms with E-state index in [9.17, 15) is 31.9 Å². The lowest BCUT2D eigenvalue weighted by Gasteiger charge is -2.42. The van der Waals surface area contributed by atoms with E-state index in [-0.39, 0.29) is 43.2 Å². The first kappa shape index (κ1) is 36.0. The normalized spacial score (nSPS) is 24.4. The number of nitrogens with zero attached hydrogens (tertiary/aromatic N) is 6. The number of hydrogen-bond donors (Lipinski definition) is 1. The molecular formula is C36H29F9N6O3. The first-order chi connectivity index (χ1) is 25.5. The second-order valence-electron chi connectivity index (χ2n) is 14.2. The lowest BCUT2D eigenvalue weighted by atomic mass is 9.95. The summed E-state index contributed by atoms with van der Waals surface area (Å²) >= 11 is 0. The van der Waals surface area contributed by atoms with Gasteiger partial charge in [-0.15, -0.1) is 6.42 Å². The molecule has 2 unspecified atom stereocenters. The highest BCUT2D eigenvalue weighted by Crippen LogP contribution is 2.46. The molecule has 4 aliphatic heterocycles. The van der Waals surface area contributed by atoms with Gasteiger partial charge in [0.25, 0.3) is 0 Å². The molecule has 2 aromatic carbocycles. The Morgan fingerprint density at radius 3 is 2.41 bits per heavy atom. The fourth-order valence-corrected chi connectivity index (χ4v) is 8.77. The van der Waals surface area contributed by atoms with Gasteiger partial charge in [0.1, 0.15) is 41.4 Å². The highest BCUT2D eigenvalue weighted by Gasteiger charge is 2.53. The summed E-state index contributed by atoms with van der Waals surface area (Å²) in [5.74, 6) is -3.44. The summed E-state index contributed by atoms with van der Waals surface area (Å²) in [6.45, 7) is -0.269. The van der Waals surface area contributed by atoms with Crippen molar-refractivity contribution in [3.05, 3.63) is 47.2 Å². The second-order valence-corrected chi connectivity index (χ2v) is 14.2. The standard InChI is InChI=1S/C36H29F9N6O3/c1-2-22-24(38)7-4-17-10-21(52)11-23(25(17)22)28-27(39)29-26(30(46-28)35(40,41)42)31(49-14-19-5-6-20(15-49)51(19)32(53)36(43,44)45)48-33(47-29)54-16-34-8-3-9-50(34)13-18(37)12-34/h1,4,7,10-11,18-20,52H,3,5-6,8-9,12-16H2/t18-,19?,20?,34+/m0/s1. The number of carbonyl (C=O) groups excluding carboxylic acids is 1. The molecule has 1 amide bonds. The predicted octanol–water partition coefficient (Wildman–Crippen LogP) is 6.53. The molecule has 2 aromatic heterocycles. The SMILES string of the molecule is C#Cc1c(F)ccc2cc(O)cc(-c3nc(C(F)(F)F)c4c(N5CC6CCC(C5)N6C(=O)C(F)(F)F)nc(OC[C@]56CCCN5C[C@@H](F)C6)nc4c3F)c12. The highest BCUT2D eigenvalue weighted by molar-refractivity contribution is 6.03. The molecular weight excluding hydrogens is 735 g/mol. The van der Waals surface area contributed by atoms with Crippen LogP contribution in [-0.2, 0) is 11.0 Å². The van der Waals surface area contributed by atoms with Crippen molar-refractivity contribution < 1.29 is 54.2 Å². The number of hydrogen-bond acceptors (Lipinski definition) is 8. The molecule has 8 rings (SSSR count). The monoisotopic (exact) mass is 764 g/mol. The number of fused-ring (bicyclic) bond motifs is 5. The third kappa shape index (κ3) is 5.78. The molecule has 4 aliphatic rings. The Balaban J connectivity index is 1.34. The zero-order valence-electron chi connectivity index (χ0n) is 28.0. The number of carbonyl (C=O) groups is 1. The number of piperazine rings is 1. The Hall–Kier alpha value is -5.05. The number of terminal acetylenes is 1. The average molecular weight is 765 g/mol. The van der Waals surface area contributed by atoms with Crippen LogP contribution < -0.4 is 9.64 Å². The summed E-state index contributed by atoms with van der Waals surface area (Å²) in [4.78, 5) is 28.2. The van der Waals surface area contributed by atoms with E-state index >= 15 is 17.6 Å². The largest absolute Gasteiger partial charge is 0.508 e. The Morgan fingerprint density at radius 2 is 1.74 bits per heavy atom. The van der Waals surface area contributed by atoms with Crippen LogP contribution in [0.4, 0.5) is 45.3 Å². The van der Waals surface area contributed by atoms with Crippen LogP contribution in [0.1, 0.15) is 43.4 Å². The molecule has 18 heteroatoms. The van der Waals surface area contributed by atoms with Crippen LogP contribution in [0.2, 0.25) is 0 Å². The van der Waals surface area contributed by atoms with Crippen LogP contribution in [0.3, 0.4) is 0 Å². The number of halogens is 9. The number of phenols is 1. The molecule has 0 aliphatic carbocycles. The van der Waals surface area contributed by atoms with Gasteiger partial charge in [-0.25, -0.2) is 18.2 Å². The van der Waals surface area contributed by atoms with Gasteiger partial charge in [0.05, 0.1) is 28.6 Å². The fourth-order valence-electron chi connectivity index (χ4n) is 8.77. The van der Waals surface area contributed by atoms with E-state index < -0.39 is 118 Å². The third-order valence-corrected chi connectivity index (χ3v) is 11.0. The second kappa shape index (κ2) is 12.5. The van der Waals surface area contributed by atoms with Gasteiger partial charge >= 0.3 is 24.3 Å². The smallest absolute Gasteiger partial charge is 0.471 e. The molecule has 4 saturated heterocycles. The minimum Gasteiger partial charge on any atom is -0.508 e. The zero-order chi connectivity index (χ0) is 38.5. The van der Waals surface area contributed by atoms with Crippen molar-refractivity contribution in [2.24, 2.45) is 0 Å². The van der Waals surface area contributed by atoms with Gasteiger partial charge in [0.15, 0.2) is 11.5 Å². The van der Waals surface area contributed by atoms with Crippen LogP contribution in [0, 0.1) is 24.0 Å². The molecule has 4 atom stereocenters. The molecule has 54 heavy (non-hydrogen) atoms. The molecule has 0 spiro atoms. The molecule has 1 N–H and O–H groups in total. The first-order valence-electron chi connectivity index (χ1n) is 17.1. The number of alkyl halides is 7. The van der Waals surface area contributed by atoms with Crippen molar-refractivity contribution in [2.75, 3.05) is 37.7 Å². The van der Waals surface area contributed by atoms with Gasteiger partial charge in [-0.05, 0) is 55.8 Å². The number of benzene rings is 2. The van der Waals surface area contributed by atoms with Crippen LogP contribution in [0.25, 0.3) is 32.9 Å². The molecule has 4 fully saturated rings. The van der Waals surface area contributed by atoms with E-state index in [1.807, 2.05) is 4.90 Å². The van der Waals surface area contributed by atoms with Crippen LogP contribution in [0.15, 0.2) is 24.3 Å². The molecule has 0 radical (unpaired) electrons. The van der Waals surface area contributed by atoms with E-state index in [0.717, 1.165) is 24.6 Å². The predicted molar refractivity (Wildman–Crippen MR) is 175 cm³/mol. The van der Waals surface area contributed by atoms with Crippen molar-refractivity contribution in [2.45, 2.75) is 68.3 Å². The summed E-state index contributed by atoms with van der Waals surface area (Å²) in [5, 5.41) is 9.43. The number of pyridine rings is 1. The lowest BCUT2D eigenvalue weighted by molar-refractivity contribution is -0.188. The number of phenolic OH excluding ortho intramolecular Hbond substituents is 1. The molecule has 9 nitrogen and oxygen atoms in total. The van der Waals surface area contributed by atoms with Crippen LogP contribution in [0.5, 0.6) is 11.8 Å². The van der Waals surface area contributed by atoms with Gasteiger partial charge in [-0.2, -0.15) is 36.3 Å². The highest BCUT2D eigenvalue weighted by atomic mass is 19.4. The Kier molecular flexibility index (Phi) is 8.32. The quantitative estimate of drug-likeness (QED) is 0.181. The maximum atomic E-state index is 17.1. The van der Waals surface area contributed by atoms with E-state index in [2.05, 4.69) is 20.9 Å². The maximum absolute atomic E-state index is 17.1. The first-order valence-corrected chi connectivity index (χ1v) is 17.1. The van der Waals surface area contributed by atoms with Crippen molar-refractivity contribution in [1.29, 1.82) is 0 Å². The summed E-state index contributed by atoms with van der Waals surface area (Å²) in [6, 6.07) is 1.48. The van der Waals surface area contributed by atoms with E-state index in [0.29, 0.717) is 17.9 Å².